The molecule has 2 amide bonds. The Balaban J connectivity index is 2.29. The number of nitro benzene ring substituents is 1. The Morgan fingerprint density at radius 2 is 2.12 bits per heavy atom. The van der Waals surface area contributed by atoms with Crippen LogP contribution in [0, 0.1) is 16.0 Å². The zero-order chi connectivity index (χ0) is 17.9. The summed E-state index contributed by atoms with van der Waals surface area (Å²) in [6.07, 6.45) is 1.31. The van der Waals surface area contributed by atoms with Crippen molar-refractivity contribution in [2.24, 2.45) is 11.7 Å². The summed E-state index contributed by atoms with van der Waals surface area (Å²) in [6.45, 7) is 4.13. The number of amides is 2. The molecule has 0 radical (unpaired) electrons. The van der Waals surface area contributed by atoms with Gasteiger partial charge in [0.2, 0.25) is 5.91 Å². The standard InChI is InChI=1S/C16H21N3O5/c1-3-24-14-7-6-11(8-13(14)19(22)23)16(21)18-9-12(15(17)20)5-4-10(18)2/h6-8,10,12H,3-5,9H2,1-2H3,(H2,17,20)/t10-,12-/m1/s1. The predicted octanol–water partition coefficient (Wildman–Crippen LogP) is 1.72. The summed E-state index contributed by atoms with van der Waals surface area (Å²) in [4.78, 5) is 36.3. The molecule has 2 rings (SSSR count). The number of nitrogens with two attached hydrogens (primary N) is 1. The Morgan fingerprint density at radius 1 is 1.42 bits per heavy atom. The fourth-order valence-corrected chi connectivity index (χ4v) is 2.86. The molecule has 1 aliphatic heterocycles. The number of hydrogen-bond acceptors (Lipinski definition) is 5. The minimum Gasteiger partial charge on any atom is -0.487 e. The van der Waals surface area contributed by atoms with Crippen molar-refractivity contribution in [3.8, 4) is 5.75 Å². The molecular weight excluding hydrogens is 314 g/mol. The Bertz CT molecular complexity index is 661. The van der Waals surface area contributed by atoms with Crippen LogP contribution in [0.5, 0.6) is 5.75 Å². The van der Waals surface area contributed by atoms with Crippen molar-refractivity contribution >= 4 is 17.5 Å². The van der Waals surface area contributed by atoms with E-state index < -0.39 is 10.8 Å². The second kappa shape index (κ2) is 7.29. The lowest BCUT2D eigenvalue weighted by atomic mass is 9.92. The van der Waals surface area contributed by atoms with Gasteiger partial charge < -0.3 is 15.4 Å². The number of carbonyl (C=O) groups excluding carboxylic acids is 2. The number of piperidine rings is 1. The van der Waals surface area contributed by atoms with Gasteiger partial charge in [0, 0.05) is 24.2 Å². The molecule has 0 unspecified atom stereocenters. The van der Waals surface area contributed by atoms with Gasteiger partial charge in [0.25, 0.3) is 5.91 Å². The van der Waals surface area contributed by atoms with E-state index in [0.29, 0.717) is 12.8 Å². The highest BCUT2D eigenvalue weighted by Gasteiger charge is 2.32. The van der Waals surface area contributed by atoms with Gasteiger partial charge in [-0.3, -0.25) is 19.7 Å². The van der Waals surface area contributed by atoms with Crippen LogP contribution in [-0.4, -0.2) is 40.8 Å². The molecule has 1 aromatic carbocycles. The molecule has 24 heavy (non-hydrogen) atoms. The largest absolute Gasteiger partial charge is 0.487 e. The lowest BCUT2D eigenvalue weighted by Crippen LogP contribution is -2.48. The van der Waals surface area contributed by atoms with Gasteiger partial charge in [-0.05, 0) is 38.8 Å². The average molecular weight is 335 g/mol. The van der Waals surface area contributed by atoms with E-state index in [4.69, 9.17) is 10.5 Å². The summed E-state index contributed by atoms with van der Waals surface area (Å²) < 4.78 is 5.22. The Kier molecular flexibility index (Phi) is 5.38. The van der Waals surface area contributed by atoms with Crippen LogP contribution in [0.1, 0.15) is 37.0 Å². The number of carbonyl (C=O) groups is 2. The predicted molar refractivity (Wildman–Crippen MR) is 86.7 cm³/mol. The fraction of sp³-hybridized carbons (Fsp3) is 0.500. The number of benzene rings is 1. The number of ether oxygens (including phenoxy) is 1. The molecule has 2 atom stereocenters. The van der Waals surface area contributed by atoms with Gasteiger partial charge in [0.15, 0.2) is 5.75 Å². The average Bonchev–Trinajstić information content (AvgIpc) is 2.54. The van der Waals surface area contributed by atoms with Crippen molar-refractivity contribution < 1.29 is 19.2 Å². The Morgan fingerprint density at radius 3 is 2.71 bits per heavy atom. The van der Waals surface area contributed by atoms with Crippen LogP contribution in [0.25, 0.3) is 0 Å². The highest BCUT2D eigenvalue weighted by atomic mass is 16.6. The first-order valence-electron chi connectivity index (χ1n) is 7.86. The zero-order valence-electron chi connectivity index (χ0n) is 13.7. The molecule has 0 bridgehead atoms. The quantitative estimate of drug-likeness (QED) is 0.649. The monoisotopic (exact) mass is 335 g/mol. The van der Waals surface area contributed by atoms with Gasteiger partial charge in [-0.15, -0.1) is 0 Å². The maximum atomic E-state index is 12.7. The maximum Gasteiger partial charge on any atom is 0.311 e. The number of nitrogens with zero attached hydrogens (tertiary/aromatic N) is 2. The molecule has 2 N–H and O–H groups in total. The number of rotatable bonds is 5. The third kappa shape index (κ3) is 3.64. The minimum absolute atomic E-state index is 0.0567. The van der Waals surface area contributed by atoms with E-state index in [-0.39, 0.29) is 48.0 Å². The highest BCUT2D eigenvalue weighted by molar-refractivity contribution is 5.96. The third-order valence-electron chi connectivity index (χ3n) is 4.25. The molecule has 0 saturated carbocycles. The summed E-state index contributed by atoms with van der Waals surface area (Å²) >= 11 is 0. The van der Waals surface area contributed by atoms with Crippen LogP contribution in [-0.2, 0) is 4.79 Å². The minimum atomic E-state index is -0.576. The van der Waals surface area contributed by atoms with Gasteiger partial charge in [-0.1, -0.05) is 0 Å². The molecule has 8 heteroatoms. The summed E-state index contributed by atoms with van der Waals surface area (Å²) in [7, 11) is 0. The molecule has 1 fully saturated rings. The van der Waals surface area contributed by atoms with Gasteiger partial charge in [0.05, 0.1) is 17.4 Å². The fourth-order valence-electron chi connectivity index (χ4n) is 2.86. The summed E-state index contributed by atoms with van der Waals surface area (Å²) in [5.41, 5.74) is 5.29. The van der Waals surface area contributed by atoms with E-state index in [9.17, 15) is 19.7 Å². The molecule has 1 aliphatic rings. The number of nitro groups is 1. The lowest BCUT2D eigenvalue weighted by molar-refractivity contribution is -0.385. The van der Waals surface area contributed by atoms with Crippen LogP contribution in [0.3, 0.4) is 0 Å². The Hall–Kier alpha value is -2.64. The van der Waals surface area contributed by atoms with Crippen molar-refractivity contribution in [3.63, 3.8) is 0 Å². The highest BCUT2D eigenvalue weighted by Crippen LogP contribution is 2.30. The molecule has 0 aromatic heterocycles. The first-order chi connectivity index (χ1) is 11.3. The smallest absolute Gasteiger partial charge is 0.311 e. The molecule has 0 aliphatic carbocycles. The van der Waals surface area contributed by atoms with Gasteiger partial charge in [-0.2, -0.15) is 0 Å². The molecule has 1 saturated heterocycles. The van der Waals surface area contributed by atoms with Crippen molar-refractivity contribution in [1.29, 1.82) is 0 Å². The van der Waals surface area contributed by atoms with Crippen LogP contribution >= 0.6 is 0 Å². The van der Waals surface area contributed by atoms with Crippen LogP contribution in [0.2, 0.25) is 0 Å². The first-order valence-corrected chi connectivity index (χ1v) is 7.86. The molecule has 130 valence electrons. The van der Waals surface area contributed by atoms with E-state index in [0.717, 1.165) is 0 Å². The lowest BCUT2D eigenvalue weighted by Gasteiger charge is -2.37. The molecule has 8 nitrogen and oxygen atoms in total. The SMILES string of the molecule is CCOc1ccc(C(=O)N2C[C@H](C(N)=O)CC[C@H]2C)cc1[N+](=O)[O-]. The second-order valence-electron chi connectivity index (χ2n) is 5.86. The molecule has 1 heterocycles. The van der Waals surface area contributed by atoms with E-state index in [1.165, 1.54) is 18.2 Å². The van der Waals surface area contributed by atoms with E-state index >= 15 is 0 Å². The van der Waals surface area contributed by atoms with Crippen LogP contribution in [0.15, 0.2) is 18.2 Å². The van der Waals surface area contributed by atoms with Crippen molar-refractivity contribution in [2.45, 2.75) is 32.7 Å². The van der Waals surface area contributed by atoms with Gasteiger partial charge in [0.1, 0.15) is 0 Å². The maximum absolute atomic E-state index is 12.7. The second-order valence-corrected chi connectivity index (χ2v) is 5.86. The molecule has 1 aromatic rings. The number of primary amides is 1. The van der Waals surface area contributed by atoms with Crippen molar-refractivity contribution in [2.75, 3.05) is 13.2 Å². The summed E-state index contributed by atoms with van der Waals surface area (Å²) in [5, 5.41) is 11.2. The van der Waals surface area contributed by atoms with E-state index in [1.54, 1.807) is 11.8 Å². The van der Waals surface area contributed by atoms with Crippen LogP contribution < -0.4 is 10.5 Å². The van der Waals surface area contributed by atoms with E-state index in [2.05, 4.69) is 0 Å². The van der Waals surface area contributed by atoms with E-state index in [1.807, 2.05) is 6.92 Å². The Labute approximate surface area is 139 Å². The van der Waals surface area contributed by atoms with Gasteiger partial charge in [-0.25, -0.2) is 0 Å². The van der Waals surface area contributed by atoms with Gasteiger partial charge >= 0.3 is 5.69 Å². The number of hydrogen-bond donors (Lipinski definition) is 1. The zero-order valence-corrected chi connectivity index (χ0v) is 13.7. The summed E-state index contributed by atoms with van der Waals surface area (Å²) in [6, 6.07) is 4.09. The number of likely N-dealkylation sites (tertiary alicyclic amines) is 1. The van der Waals surface area contributed by atoms with Crippen molar-refractivity contribution in [1.82, 2.24) is 4.90 Å². The molecular formula is C16H21N3O5. The summed E-state index contributed by atoms with van der Waals surface area (Å²) in [5.74, 6) is -1.04. The van der Waals surface area contributed by atoms with Crippen LogP contribution in [0.4, 0.5) is 5.69 Å². The first kappa shape index (κ1) is 17.7. The topological polar surface area (TPSA) is 116 Å². The molecule has 0 spiro atoms. The van der Waals surface area contributed by atoms with Crippen molar-refractivity contribution in [3.05, 3.63) is 33.9 Å². The third-order valence-corrected chi connectivity index (χ3v) is 4.25. The normalized spacial score (nSPS) is 20.5.